The SMILES string of the molecule is Cc1cccc2cc3c(nc12)/C(=C/NCCN(C)C)C(=O)N(CCN(C)C)C3=O. The minimum atomic E-state index is -0.304. The molecular formula is C22H29N5O2. The number of pyridine rings is 1. The van der Waals surface area contributed by atoms with Gasteiger partial charge >= 0.3 is 0 Å². The molecule has 7 nitrogen and oxygen atoms in total. The summed E-state index contributed by atoms with van der Waals surface area (Å²) in [5.41, 5.74) is 3.19. The number of amides is 2. The smallest absolute Gasteiger partial charge is 0.264 e. The molecule has 0 fully saturated rings. The maximum Gasteiger partial charge on any atom is 0.264 e. The van der Waals surface area contributed by atoms with E-state index in [4.69, 9.17) is 4.98 Å². The molecular weight excluding hydrogens is 366 g/mol. The Balaban J connectivity index is 2.07. The normalized spacial score (nSPS) is 15.7. The van der Waals surface area contributed by atoms with Crippen LogP contribution in [0.5, 0.6) is 0 Å². The van der Waals surface area contributed by atoms with Crippen molar-refractivity contribution in [1.29, 1.82) is 0 Å². The van der Waals surface area contributed by atoms with Gasteiger partial charge in [0.25, 0.3) is 11.8 Å². The van der Waals surface area contributed by atoms with Gasteiger partial charge in [-0.25, -0.2) is 4.98 Å². The molecule has 1 aromatic carbocycles. The average molecular weight is 396 g/mol. The van der Waals surface area contributed by atoms with Crippen molar-refractivity contribution in [2.75, 3.05) is 54.4 Å². The molecule has 3 rings (SSSR count). The molecule has 29 heavy (non-hydrogen) atoms. The van der Waals surface area contributed by atoms with Gasteiger partial charge in [-0.1, -0.05) is 18.2 Å². The van der Waals surface area contributed by atoms with E-state index in [-0.39, 0.29) is 11.8 Å². The Bertz CT molecular complexity index is 965. The number of nitrogens with zero attached hydrogens (tertiary/aromatic N) is 4. The zero-order chi connectivity index (χ0) is 21.1. The number of benzene rings is 1. The van der Waals surface area contributed by atoms with Gasteiger partial charge in [0.05, 0.1) is 22.3 Å². The van der Waals surface area contributed by atoms with Crippen LogP contribution in [0.2, 0.25) is 0 Å². The Morgan fingerprint density at radius 3 is 2.48 bits per heavy atom. The van der Waals surface area contributed by atoms with Gasteiger partial charge in [0.15, 0.2) is 0 Å². The van der Waals surface area contributed by atoms with Gasteiger partial charge in [0, 0.05) is 37.8 Å². The van der Waals surface area contributed by atoms with Crippen LogP contribution in [0.3, 0.4) is 0 Å². The first kappa shape index (κ1) is 21.0. The van der Waals surface area contributed by atoms with Crippen LogP contribution < -0.4 is 5.32 Å². The van der Waals surface area contributed by atoms with Crippen molar-refractivity contribution in [3.8, 4) is 0 Å². The number of aryl methyl sites for hydroxylation is 1. The number of nitrogens with one attached hydrogen (secondary N) is 1. The third-order valence-corrected chi connectivity index (χ3v) is 4.97. The molecule has 0 aliphatic carbocycles. The van der Waals surface area contributed by atoms with E-state index in [1.54, 1.807) is 6.20 Å². The number of carbonyl (C=O) groups excluding carboxylic acids is 2. The lowest BCUT2D eigenvalue weighted by molar-refractivity contribution is -0.123. The fourth-order valence-corrected chi connectivity index (χ4v) is 3.29. The second-order valence-electron chi connectivity index (χ2n) is 7.91. The van der Waals surface area contributed by atoms with Crippen molar-refractivity contribution in [2.45, 2.75) is 6.92 Å². The van der Waals surface area contributed by atoms with Gasteiger partial charge in [-0.3, -0.25) is 14.5 Å². The second-order valence-corrected chi connectivity index (χ2v) is 7.91. The van der Waals surface area contributed by atoms with E-state index in [0.29, 0.717) is 36.5 Å². The van der Waals surface area contributed by atoms with E-state index in [1.807, 2.05) is 64.3 Å². The molecule has 1 aromatic heterocycles. The summed E-state index contributed by atoms with van der Waals surface area (Å²) in [5.74, 6) is -0.588. The molecule has 0 atom stereocenters. The molecule has 0 saturated carbocycles. The average Bonchev–Trinajstić information content (AvgIpc) is 2.66. The summed E-state index contributed by atoms with van der Waals surface area (Å²) in [4.78, 5) is 36.4. The topological polar surface area (TPSA) is 68.8 Å². The van der Waals surface area contributed by atoms with E-state index in [1.165, 1.54) is 4.90 Å². The van der Waals surface area contributed by atoms with Gasteiger partial charge in [-0.2, -0.15) is 0 Å². The van der Waals surface area contributed by atoms with Crippen molar-refractivity contribution in [2.24, 2.45) is 0 Å². The largest absolute Gasteiger partial charge is 0.389 e. The summed E-state index contributed by atoms with van der Waals surface area (Å²) in [7, 11) is 7.83. The van der Waals surface area contributed by atoms with E-state index >= 15 is 0 Å². The Morgan fingerprint density at radius 1 is 1.07 bits per heavy atom. The second kappa shape index (κ2) is 8.71. The molecule has 1 aliphatic heterocycles. The molecule has 2 heterocycles. The fourth-order valence-electron chi connectivity index (χ4n) is 3.29. The van der Waals surface area contributed by atoms with Crippen LogP contribution in [0.25, 0.3) is 16.5 Å². The minimum Gasteiger partial charge on any atom is -0.389 e. The van der Waals surface area contributed by atoms with Crippen LogP contribution >= 0.6 is 0 Å². The zero-order valence-corrected chi connectivity index (χ0v) is 17.8. The third kappa shape index (κ3) is 4.46. The van der Waals surface area contributed by atoms with Crippen molar-refractivity contribution < 1.29 is 9.59 Å². The first-order valence-electron chi connectivity index (χ1n) is 9.79. The molecule has 0 bridgehead atoms. The van der Waals surface area contributed by atoms with E-state index in [9.17, 15) is 9.59 Å². The standard InChI is InChI=1S/C22H29N5O2/c1-15-7-6-8-16-13-17-20(24-19(15)16)18(14-23-9-10-25(2)3)22(29)27(21(17)28)12-11-26(4)5/h6-8,13-14,23H,9-12H2,1-5H3/b18-14-. The Labute approximate surface area is 172 Å². The molecule has 0 unspecified atom stereocenters. The van der Waals surface area contributed by atoms with Crippen molar-refractivity contribution >= 4 is 28.3 Å². The van der Waals surface area contributed by atoms with Gasteiger partial charge < -0.3 is 15.1 Å². The number of imide groups is 1. The van der Waals surface area contributed by atoms with Crippen LogP contribution in [-0.4, -0.2) is 85.9 Å². The third-order valence-electron chi connectivity index (χ3n) is 4.97. The number of para-hydroxylation sites is 1. The highest BCUT2D eigenvalue weighted by molar-refractivity contribution is 6.30. The lowest BCUT2D eigenvalue weighted by Gasteiger charge is -2.29. The van der Waals surface area contributed by atoms with E-state index in [0.717, 1.165) is 23.0 Å². The van der Waals surface area contributed by atoms with Gasteiger partial charge in [0.1, 0.15) is 0 Å². The Morgan fingerprint density at radius 2 is 1.79 bits per heavy atom. The summed E-state index contributed by atoms with van der Waals surface area (Å²) in [6.45, 7) is 4.45. The van der Waals surface area contributed by atoms with Crippen LogP contribution in [0, 0.1) is 6.92 Å². The maximum atomic E-state index is 13.2. The quantitative estimate of drug-likeness (QED) is 0.436. The molecule has 1 N–H and O–H groups in total. The molecule has 7 heteroatoms. The van der Waals surface area contributed by atoms with Crippen molar-refractivity contribution in [3.05, 3.63) is 47.3 Å². The summed E-state index contributed by atoms with van der Waals surface area (Å²) in [6, 6.07) is 7.74. The summed E-state index contributed by atoms with van der Waals surface area (Å²) >= 11 is 0. The van der Waals surface area contributed by atoms with Gasteiger partial charge in [-0.15, -0.1) is 0 Å². The minimum absolute atomic E-state index is 0.284. The molecule has 2 aromatic rings. The van der Waals surface area contributed by atoms with Crippen LogP contribution in [0.1, 0.15) is 21.6 Å². The van der Waals surface area contributed by atoms with Crippen molar-refractivity contribution in [3.63, 3.8) is 0 Å². The van der Waals surface area contributed by atoms with E-state index in [2.05, 4.69) is 10.2 Å². The Kier molecular flexibility index (Phi) is 6.30. The maximum absolute atomic E-state index is 13.2. The number of hydrogen-bond acceptors (Lipinski definition) is 6. The highest BCUT2D eigenvalue weighted by atomic mass is 16.2. The molecule has 2 amide bonds. The lowest BCUT2D eigenvalue weighted by atomic mass is 9.96. The molecule has 0 saturated heterocycles. The number of aromatic nitrogens is 1. The Hall–Kier alpha value is -2.77. The summed E-state index contributed by atoms with van der Waals surface area (Å²) < 4.78 is 0. The number of likely N-dealkylation sites (N-methyl/N-ethyl adjacent to an activating group) is 2. The molecule has 1 aliphatic rings. The first-order valence-corrected chi connectivity index (χ1v) is 9.79. The van der Waals surface area contributed by atoms with Crippen LogP contribution in [-0.2, 0) is 4.79 Å². The van der Waals surface area contributed by atoms with Crippen molar-refractivity contribution in [1.82, 2.24) is 25.0 Å². The lowest BCUT2D eigenvalue weighted by Crippen LogP contribution is -2.45. The number of rotatable bonds is 7. The van der Waals surface area contributed by atoms with E-state index < -0.39 is 0 Å². The summed E-state index contributed by atoms with van der Waals surface area (Å²) in [6.07, 6.45) is 1.71. The summed E-state index contributed by atoms with van der Waals surface area (Å²) in [5, 5.41) is 4.11. The predicted molar refractivity (Wildman–Crippen MR) is 116 cm³/mol. The molecule has 154 valence electrons. The monoisotopic (exact) mass is 395 g/mol. The number of hydrogen-bond donors (Lipinski definition) is 1. The zero-order valence-electron chi connectivity index (χ0n) is 17.8. The first-order chi connectivity index (χ1) is 13.8. The number of fused-ring (bicyclic) bond motifs is 2. The molecule has 0 radical (unpaired) electrons. The van der Waals surface area contributed by atoms with Gasteiger partial charge in [0.2, 0.25) is 0 Å². The van der Waals surface area contributed by atoms with Crippen LogP contribution in [0.15, 0.2) is 30.5 Å². The van der Waals surface area contributed by atoms with Crippen LogP contribution in [0.4, 0.5) is 0 Å². The predicted octanol–water partition coefficient (Wildman–Crippen LogP) is 1.58. The highest BCUT2D eigenvalue weighted by Crippen LogP contribution is 2.30. The highest BCUT2D eigenvalue weighted by Gasteiger charge is 2.36. The fraction of sp³-hybridized carbons (Fsp3) is 0.409. The number of carbonyl (C=O) groups is 2. The molecule has 0 spiro atoms. The van der Waals surface area contributed by atoms with Gasteiger partial charge in [-0.05, 0) is 46.7 Å².